The molecule has 0 radical (unpaired) electrons. The molecule has 0 aromatic heterocycles. The zero-order chi connectivity index (χ0) is 16.0. The van der Waals surface area contributed by atoms with Crippen molar-refractivity contribution in [3.05, 3.63) is 48.0 Å². The fourth-order valence-corrected chi connectivity index (χ4v) is 2.35. The SMILES string of the molecule is CCOC(=O)/C=C/[C@H]1O[C@@H]1C(C)(C)COCc1ccccc1. The fraction of sp³-hybridized carbons (Fsp3) is 0.500. The summed E-state index contributed by atoms with van der Waals surface area (Å²) in [6.45, 7) is 7.60. The number of esters is 1. The van der Waals surface area contributed by atoms with Crippen molar-refractivity contribution in [2.45, 2.75) is 39.6 Å². The second-order valence-corrected chi connectivity index (χ2v) is 6.10. The monoisotopic (exact) mass is 304 g/mol. The molecule has 0 unspecified atom stereocenters. The Kier molecular flexibility index (Phi) is 5.75. The van der Waals surface area contributed by atoms with E-state index in [0.717, 1.165) is 5.56 Å². The lowest BCUT2D eigenvalue weighted by atomic mass is 9.88. The zero-order valence-electron chi connectivity index (χ0n) is 13.5. The molecule has 1 aromatic carbocycles. The Bertz CT molecular complexity index is 507. The lowest BCUT2D eigenvalue weighted by molar-refractivity contribution is -0.137. The molecule has 1 aliphatic heterocycles. The molecule has 0 aliphatic carbocycles. The predicted octanol–water partition coefficient (Wildman–Crippen LogP) is 3.12. The van der Waals surface area contributed by atoms with Crippen LogP contribution in [0.1, 0.15) is 26.3 Å². The summed E-state index contributed by atoms with van der Waals surface area (Å²) in [5.41, 5.74) is 1.06. The Balaban J connectivity index is 1.74. The second-order valence-electron chi connectivity index (χ2n) is 6.10. The maximum absolute atomic E-state index is 11.3. The van der Waals surface area contributed by atoms with Gasteiger partial charge in [-0.15, -0.1) is 0 Å². The van der Waals surface area contributed by atoms with Crippen LogP contribution in [0, 0.1) is 5.41 Å². The molecule has 1 fully saturated rings. The highest BCUT2D eigenvalue weighted by Crippen LogP contribution is 2.39. The normalized spacial score (nSPS) is 21.0. The van der Waals surface area contributed by atoms with E-state index in [1.807, 2.05) is 30.3 Å². The number of ether oxygens (including phenoxy) is 3. The number of carbonyl (C=O) groups is 1. The topological polar surface area (TPSA) is 48.1 Å². The average Bonchev–Trinajstić information content (AvgIpc) is 3.27. The minimum absolute atomic E-state index is 0.0280. The van der Waals surface area contributed by atoms with Crippen LogP contribution in [-0.4, -0.2) is 31.4 Å². The second kappa shape index (κ2) is 7.56. The van der Waals surface area contributed by atoms with Gasteiger partial charge in [-0.1, -0.05) is 44.2 Å². The van der Waals surface area contributed by atoms with Gasteiger partial charge < -0.3 is 14.2 Å². The summed E-state index contributed by atoms with van der Waals surface area (Å²) in [5.74, 6) is -0.324. The van der Waals surface area contributed by atoms with Crippen LogP contribution < -0.4 is 0 Å². The molecule has 0 saturated carbocycles. The Morgan fingerprint density at radius 2 is 2.05 bits per heavy atom. The van der Waals surface area contributed by atoms with Crippen molar-refractivity contribution < 1.29 is 19.0 Å². The zero-order valence-corrected chi connectivity index (χ0v) is 13.5. The van der Waals surface area contributed by atoms with E-state index in [4.69, 9.17) is 14.2 Å². The van der Waals surface area contributed by atoms with E-state index in [9.17, 15) is 4.79 Å². The highest BCUT2D eigenvalue weighted by molar-refractivity contribution is 5.82. The average molecular weight is 304 g/mol. The Hall–Kier alpha value is -1.65. The molecule has 120 valence electrons. The van der Waals surface area contributed by atoms with Gasteiger partial charge in [0.15, 0.2) is 0 Å². The third kappa shape index (κ3) is 4.97. The van der Waals surface area contributed by atoms with Gasteiger partial charge in [0.05, 0.1) is 25.9 Å². The van der Waals surface area contributed by atoms with Crippen molar-refractivity contribution in [1.29, 1.82) is 0 Å². The molecule has 0 N–H and O–H groups in total. The van der Waals surface area contributed by atoms with Crippen LogP contribution in [0.5, 0.6) is 0 Å². The maximum Gasteiger partial charge on any atom is 0.330 e. The quantitative estimate of drug-likeness (QED) is 0.420. The highest BCUT2D eigenvalue weighted by atomic mass is 16.6. The standard InChI is InChI=1S/C18H24O4/c1-4-21-16(19)11-10-15-17(22-15)18(2,3)13-20-12-14-8-6-5-7-9-14/h5-11,15,17H,4,12-13H2,1-3H3/b11-10+/t15-,17+/m1/s1. The van der Waals surface area contributed by atoms with Crippen LogP contribution in [0.15, 0.2) is 42.5 Å². The molecule has 0 spiro atoms. The summed E-state index contributed by atoms with van der Waals surface area (Å²) in [6.07, 6.45) is 3.25. The van der Waals surface area contributed by atoms with Gasteiger partial charge in [0.1, 0.15) is 6.10 Å². The van der Waals surface area contributed by atoms with E-state index in [-0.39, 0.29) is 23.6 Å². The van der Waals surface area contributed by atoms with Crippen LogP contribution in [0.2, 0.25) is 0 Å². The van der Waals surface area contributed by atoms with Crippen molar-refractivity contribution in [3.63, 3.8) is 0 Å². The molecule has 2 rings (SSSR count). The molecule has 1 aliphatic rings. The summed E-state index contributed by atoms with van der Waals surface area (Å²) in [7, 11) is 0. The van der Waals surface area contributed by atoms with E-state index in [0.29, 0.717) is 19.8 Å². The van der Waals surface area contributed by atoms with Crippen LogP contribution in [0.4, 0.5) is 0 Å². The van der Waals surface area contributed by atoms with Gasteiger partial charge in [0, 0.05) is 11.5 Å². The van der Waals surface area contributed by atoms with Crippen LogP contribution in [0.3, 0.4) is 0 Å². The number of rotatable bonds is 8. The first-order valence-electron chi connectivity index (χ1n) is 7.65. The molecule has 0 amide bonds. The van der Waals surface area contributed by atoms with Crippen LogP contribution in [-0.2, 0) is 25.6 Å². The molecule has 4 nitrogen and oxygen atoms in total. The number of hydrogen-bond donors (Lipinski definition) is 0. The molecule has 1 aromatic rings. The summed E-state index contributed by atoms with van der Waals surface area (Å²) >= 11 is 0. The molecule has 4 heteroatoms. The van der Waals surface area contributed by atoms with Crippen molar-refractivity contribution in [3.8, 4) is 0 Å². The van der Waals surface area contributed by atoms with Crippen molar-refractivity contribution >= 4 is 5.97 Å². The van der Waals surface area contributed by atoms with Gasteiger partial charge in [-0.25, -0.2) is 4.79 Å². The van der Waals surface area contributed by atoms with Gasteiger partial charge in [0.25, 0.3) is 0 Å². The van der Waals surface area contributed by atoms with E-state index in [1.165, 1.54) is 6.08 Å². The third-order valence-electron chi connectivity index (χ3n) is 3.59. The number of hydrogen-bond acceptors (Lipinski definition) is 4. The Morgan fingerprint density at radius 1 is 1.32 bits per heavy atom. The predicted molar refractivity (Wildman–Crippen MR) is 84.3 cm³/mol. The van der Waals surface area contributed by atoms with Gasteiger partial charge in [0.2, 0.25) is 0 Å². The summed E-state index contributed by atoms with van der Waals surface area (Å²) < 4.78 is 16.3. The van der Waals surface area contributed by atoms with E-state index in [2.05, 4.69) is 13.8 Å². The first-order valence-corrected chi connectivity index (χ1v) is 7.65. The fourth-order valence-electron chi connectivity index (χ4n) is 2.35. The third-order valence-corrected chi connectivity index (χ3v) is 3.59. The van der Waals surface area contributed by atoms with Crippen molar-refractivity contribution in [2.24, 2.45) is 5.41 Å². The van der Waals surface area contributed by atoms with Gasteiger partial charge in [-0.3, -0.25) is 0 Å². The summed E-state index contributed by atoms with van der Waals surface area (Å²) in [4.78, 5) is 11.3. The van der Waals surface area contributed by atoms with Crippen molar-refractivity contribution in [1.82, 2.24) is 0 Å². The summed E-state index contributed by atoms with van der Waals surface area (Å²) in [6, 6.07) is 10.1. The molecule has 2 atom stereocenters. The lowest BCUT2D eigenvalue weighted by Gasteiger charge is -2.22. The van der Waals surface area contributed by atoms with Crippen molar-refractivity contribution in [2.75, 3.05) is 13.2 Å². The number of carbonyl (C=O) groups excluding carboxylic acids is 1. The van der Waals surface area contributed by atoms with Crippen LogP contribution >= 0.6 is 0 Å². The molecule has 22 heavy (non-hydrogen) atoms. The van der Waals surface area contributed by atoms with Gasteiger partial charge >= 0.3 is 5.97 Å². The molecule has 1 heterocycles. The van der Waals surface area contributed by atoms with E-state index in [1.54, 1.807) is 13.0 Å². The highest BCUT2D eigenvalue weighted by Gasteiger charge is 2.48. The molecular weight excluding hydrogens is 280 g/mol. The van der Waals surface area contributed by atoms with E-state index >= 15 is 0 Å². The first kappa shape index (κ1) is 16.7. The largest absolute Gasteiger partial charge is 0.463 e. The Morgan fingerprint density at radius 3 is 2.73 bits per heavy atom. The maximum atomic E-state index is 11.3. The summed E-state index contributed by atoms with van der Waals surface area (Å²) in [5, 5.41) is 0. The van der Waals surface area contributed by atoms with Gasteiger partial charge in [-0.2, -0.15) is 0 Å². The molecule has 0 bridgehead atoms. The molecular formula is C18H24O4. The smallest absolute Gasteiger partial charge is 0.330 e. The Labute approximate surface area is 132 Å². The minimum atomic E-state index is -0.324. The first-order chi connectivity index (χ1) is 10.5. The van der Waals surface area contributed by atoms with Crippen LogP contribution in [0.25, 0.3) is 0 Å². The number of epoxide rings is 1. The lowest BCUT2D eigenvalue weighted by Crippen LogP contribution is -2.27. The van der Waals surface area contributed by atoms with E-state index < -0.39 is 0 Å². The number of benzene rings is 1. The molecule has 1 saturated heterocycles. The minimum Gasteiger partial charge on any atom is -0.463 e. The van der Waals surface area contributed by atoms with Gasteiger partial charge in [-0.05, 0) is 18.6 Å².